The highest BCUT2D eigenvalue weighted by molar-refractivity contribution is 7.88. The smallest absolute Gasteiger partial charge is 0.346 e. The zero-order valence-corrected chi connectivity index (χ0v) is 19.1. The Kier molecular flexibility index (Phi) is 7.14. The van der Waals surface area contributed by atoms with Crippen LogP contribution in [0.4, 0.5) is 5.69 Å². The Morgan fingerprint density at radius 3 is 2.38 bits per heavy atom. The Hall–Kier alpha value is -2.99. The molecule has 0 bridgehead atoms. The van der Waals surface area contributed by atoms with E-state index >= 15 is 0 Å². The maximum Gasteiger partial charge on any atom is 0.346 e. The third kappa shape index (κ3) is 5.43. The molecule has 1 aromatic heterocycles. The molecule has 0 radical (unpaired) electrons. The summed E-state index contributed by atoms with van der Waals surface area (Å²) >= 11 is 0. The fourth-order valence-corrected chi connectivity index (χ4v) is 4.52. The number of anilines is 1. The van der Waals surface area contributed by atoms with Crippen LogP contribution in [-0.4, -0.2) is 64.9 Å². The van der Waals surface area contributed by atoms with Crippen LogP contribution in [0.1, 0.15) is 41.9 Å². The third-order valence-corrected chi connectivity index (χ3v) is 6.64. The van der Waals surface area contributed by atoms with Gasteiger partial charge in [-0.25, -0.2) is 27.0 Å². The van der Waals surface area contributed by atoms with Gasteiger partial charge in [-0.15, -0.1) is 0 Å². The van der Waals surface area contributed by atoms with Gasteiger partial charge >= 0.3 is 11.7 Å². The first kappa shape index (κ1) is 23.7. The van der Waals surface area contributed by atoms with E-state index in [2.05, 4.69) is 10.4 Å². The second-order valence-electron chi connectivity index (χ2n) is 7.64. The molecular weight excluding hydrogens is 438 g/mol. The summed E-state index contributed by atoms with van der Waals surface area (Å²) in [6, 6.07) is 6.24. The van der Waals surface area contributed by atoms with Gasteiger partial charge in [-0.1, -0.05) is 0 Å². The maximum absolute atomic E-state index is 12.6. The molecule has 1 saturated heterocycles. The summed E-state index contributed by atoms with van der Waals surface area (Å²) < 4.78 is 32.2. The fourth-order valence-electron chi connectivity index (χ4n) is 3.65. The summed E-state index contributed by atoms with van der Waals surface area (Å²) in [5, 5.41) is 7.01. The minimum Gasteiger partial charge on any atom is -0.462 e. The average Bonchev–Trinajstić information content (AvgIpc) is 3.02. The Balaban J connectivity index is 1.64. The third-order valence-electron chi connectivity index (χ3n) is 5.34. The van der Waals surface area contributed by atoms with E-state index in [0.717, 1.165) is 4.68 Å². The van der Waals surface area contributed by atoms with Crippen LogP contribution in [-0.2, 0) is 33.1 Å². The molecule has 174 valence electrons. The van der Waals surface area contributed by atoms with Crippen molar-refractivity contribution in [3.05, 3.63) is 46.1 Å². The number of hydrogen-bond acceptors (Lipinski definition) is 7. The summed E-state index contributed by atoms with van der Waals surface area (Å²) in [6.45, 7) is 2.46. The number of carbonyl (C=O) groups excluding carboxylic acids is 2. The van der Waals surface area contributed by atoms with Crippen molar-refractivity contribution >= 4 is 27.6 Å². The van der Waals surface area contributed by atoms with E-state index in [1.165, 1.54) is 15.1 Å². The molecular formula is C20H27N5O6S. The zero-order chi connectivity index (χ0) is 23.5. The van der Waals surface area contributed by atoms with Crippen molar-refractivity contribution in [3.8, 4) is 0 Å². The van der Waals surface area contributed by atoms with Crippen LogP contribution >= 0.6 is 0 Å². The molecule has 1 amide bonds. The van der Waals surface area contributed by atoms with Crippen molar-refractivity contribution < 1.29 is 22.7 Å². The molecule has 0 saturated carbocycles. The van der Waals surface area contributed by atoms with Gasteiger partial charge < -0.3 is 10.1 Å². The number of hydrogen-bond donors (Lipinski definition) is 1. The lowest BCUT2D eigenvalue weighted by Gasteiger charge is -2.29. The highest BCUT2D eigenvalue weighted by atomic mass is 32.2. The quantitative estimate of drug-likeness (QED) is 0.590. The maximum atomic E-state index is 12.6. The first-order valence-corrected chi connectivity index (χ1v) is 12.1. The van der Waals surface area contributed by atoms with Gasteiger partial charge in [0.25, 0.3) is 0 Å². The molecule has 3 rings (SSSR count). The number of amides is 1. The molecule has 32 heavy (non-hydrogen) atoms. The summed E-state index contributed by atoms with van der Waals surface area (Å²) in [6.07, 6.45) is 2.29. The molecule has 1 N–H and O–H groups in total. The van der Waals surface area contributed by atoms with E-state index in [-0.39, 0.29) is 19.1 Å². The highest BCUT2D eigenvalue weighted by Crippen LogP contribution is 2.26. The molecule has 12 heteroatoms. The monoisotopic (exact) mass is 465 g/mol. The number of piperidine rings is 1. The predicted molar refractivity (Wildman–Crippen MR) is 117 cm³/mol. The van der Waals surface area contributed by atoms with Crippen LogP contribution in [0, 0.1) is 0 Å². The van der Waals surface area contributed by atoms with Gasteiger partial charge in [0.05, 0.1) is 18.4 Å². The Bertz CT molecular complexity index is 1140. The molecule has 1 fully saturated rings. The van der Waals surface area contributed by atoms with Crippen molar-refractivity contribution in [3.63, 3.8) is 0 Å². The van der Waals surface area contributed by atoms with Gasteiger partial charge in [0.15, 0.2) is 0 Å². The minimum atomic E-state index is -3.24. The minimum absolute atomic E-state index is 0.0644. The Morgan fingerprint density at radius 1 is 1.19 bits per heavy atom. The number of ether oxygens (including phenoxy) is 1. The second-order valence-corrected chi connectivity index (χ2v) is 9.62. The standard InChI is InChI=1S/C20H27N5O6S/c1-4-31-19(27)15-5-7-16(8-6-15)21-17(26)13-25-20(28)23(2)18(22-25)14-9-11-24(12-10-14)32(3,29)30/h5-8,14H,4,9-13H2,1-3H3,(H,21,26). The van der Waals surface area contributed by atoms with E-state index in [1.54, 1.807) is 38.2 Å². The van der Waals surface area contributed by atoms with E-state index in [4.69, 9.17) is 4.74 Å². The second kappa shape index (κ2) is 9.65. The number of nitrogens with one attached hydrogen (secondary N) is 1. The van der Waals surface area contributed by atoms with E-state index in [0.29, 0.717) is 43.0 Å². The average molecular weight is 466 g/mol. The van der Waals surface area contributed by atoms with Crippen molar-refractivity contribution in [1.29, 1.82) is 0 Å². The Morgan fingerprint density at radius 2 is 1.81 bits per heavy atom. The molecule has 0 aliphatic carbocycles. The van der Waals surface area contributed by atoms with Crippen LogP contribution in [0.15, 0.2) is 29.1 Å². The van der Waals surface area contributed by atoms with Gasteiger partial charge in [-0.2, -0.15) is 5.10 Å². The topological polar surface area (TPSA) is 133 Å². The van der Waals surface area contributed by atoms with Gasteiger partial charge in [-0.3, -0.25) is 9.36 Å². The highest BCUT2D eigenvalue weighted by Gasteiger charge is 2.29. The molecule has 2 heterocycles. The van der Waals surface area contributed by atoms with Crippen LogP contribution in [0.2, 0.25) is 0 Å². The van der Waals surface area contributed by atoms with Crippen molar-refractivity contribution in [1.82, 2.24) is 18.7 Å². The van der Waals surface area contributed by atoms with Crippen molar-refractivity contribution in [2.45, 2.75) is 32.2 Å². The van der Waals surface area contributed by atoms with Crippen LogP contribution in [0.3, 0.4) is 0 Å². The number of esters is 1. The molecule has 2 aromatic rings. The lowest BCUT2D eigenvalue weighted by molar-refractivity contribution is -0.117. The van der Waals surface area contributed by atoms with Crippen LogP contribution in [0.25, 0.3) is 0 Å². The van der Waals surface area contributed by atoms with Gasteiger partial charge in [-0.05, 0) is 44.0 Å². The Labute approximate surface area is 186 Å². The first-order valence-electron chi connectivity index (χ1n) is 10.3. The summed E-state index contributed by atoms with van der Waals surface area (Å²) in [7, 11) is -1.65. The fraction of sp³-hybridized carbons (Fsp3) is 0.500. The van der Waals surface area contributed by atoms with E-state index < -0.39 is 27.6 Å². The number of rotatable bonds is 7. The lowest BCUT2D eigenvalue weighted by atomic mass is 9.97. The summed E-state index contributed by atoms with van der Waals surface area (Å²) in [5.74, 6) is -0.409. The van der Waals surface area contributed by atoms with Gasteiger partial charge in [0, 0.05) is 31.7 Å². The largest absolute Gasteiger partial charge is 0.462 e. The first-order chi connectivity index (χ1) is 15.1. The SMILES string of the molecule is CCOC(=O)c1ccc(NC(=O)Cn2nc(C3CCN(S(C)(=O)=O)CC3)n(C)c2=O)cc1. The molecule has 1 aromatic carbocycles. The molecule has 1 aliphatic rings. The number of aromatic nitrogens is 3. The van der Waals surface area contributed by atoms with Gasteiger partial charge in [0.1, 0.15) is 12.4 Å². The number of carbonyl (C=O) groups is 2. The lowest BCUT2D eigenvalue weighted by Crippen LogP contribution is -2.37. The van der Waals surface area contributed by atoms with Gasteiger partial charge in [0.2, 0.25) is 15.9 Å². The van der Waals surface area contributed by atoms with Crippen molar-refractivity contribution in [2.24, 2.45) is 7.05 Å². The number of benzene rings is 1. The van der Waals surface area contributed by atoms with E-state index in [1.807, 2.05) is 0 Å². The van der Waals surface area contributed by atoms with Crippen LogP contribution < -0.4 is 11.0 Å². The molecule has 1 aliphatic heterocycles. The van der Waals surface area contributed by atoms with Crippen LogP contribution in [0.5, 0.6) is 0 Å². The number of sulfonamides is 1. The predicted octanol–water partition coefficient (Wildman–Crippen LogP) is 0.536. The van der Waals surface area contributed by atoms with Crippen molar-refractivity contribution in [2.75, 3.05) is 31.3 Å². The normalized spacial score (nSPS) is 15.5. The molecule has 0 spiro atoms. The molecule has 0 atom stereocenters. The number of nitrogens with zero attached hydrogens (tertiary/aromatic N) is 4. The molecule has 0 unspecified atom stereocenters. The van der Waals surface area contributed by atoms with E-state index in [9.17, 15) is 22.8 Å². The molecule has 11 nitrogen and oxygen atoms in total. The summed E-state index contributed by atoms with van der Waals surface area (Å²) in [5.41, 5.74) is 0.427. The zero-order valence-electron chi connectivity index (χ0n) is 18.3. The summed E-state index contributed by atoms with van der Waals surface area (Å²) in [4.78, 5) is 36.7.